The molecule has 0 unspecified atom stereocenters. The van der Waals surface area contributed by atoms with Gasteiger partial charge in [-0.1, -0.05) is 297 Å². The molecule has 0 N–H and O–H groups in total. The summed E-state index contributed by atoms with van der Waals surface area (Å²) in [7, 11) is 0. The molecule has 0 atom stereocenters. The van der Waals surface area contributed by atoms with Gasteiger partial charge < -0.3 is 28.0 Å². The lowest BCUT2D eigenvalue weighted by Crippen LogP contribution is -2.11. The fourth-order valence-electron chi connectivity index (χ4n) is 20.3. The van der Waals surface area contributed by atoms with Crippen molar-refractivity contribution in [3.63, 3.8) is 0 Å². The second-order valence-electron chi connectivity index (χ2n) is 34.6. The fraction of sp³-hybridized carbons (Fsp3) is 0. The van der Waals surface area contributed by atoms with Gasteiger partial charge in [-0.2, -0.15) is 0 Å². The largest absolute Gasteiger partial charge is 0.455 e. The highest BCUT2D eigenvalue weighted by Gasteiger charge is 2.32. The predicted molar refractivity (Wildman–Crippen MR) is 584 cm³/mol. The molecule has 7 heterocycles. The molecule has 652 valence electrons. The molecule has 6 nitrogen and oxygen atoms in total. The number of nitrogens with zero attached hydrogens (tertiary/aromatic N) is 3. The first-order chi connectivity index (χ1) is 68.3. The summed E-state index contributed by atoms with van der Waals surface area (Å²) in [5.41, 5.74) is 26.5. The van der Waals surface area contributed by atoms with Gasteiger partial charge >= 0.3 is 0 Å². The predicted octanol–water partition coefficient (Wildman–Crippen LogP) is 39.3. The van der Waals surface area contributed by atoms with Crippen LogP contribution in [0.5, 0.6) is 0 Å². The van der Waals surface area contributed by atoms with Gasteiger partial charge in [0.1, 0.15) is 28.4 Å². The zero-order valence-corrected chi connectivity index (χ0v) is 77.2. The van der Waals surface area contributed by atoms with Crippen molar-refractivity contribution in [2.75, 3.05) is 14.7 Å². The quantitative estimate of drug-likeness (QED) is 0.108. The second-order valence-corrected chi connectivity index (χ2v) is 38.8. The molecule has 138 heavy (non-hydrogen) atoms. The van der Waals surface area contributed by atoms with Gasteiger partial charge in [-0.15, -0.1) is 45.3 Å². The third-order valence-electron chi connectivity index (χ3n) is 26.5. The molecule has 0 aliphatic heterocycles. The SMILES string of the molecule is Fc1ccc2oc3c(cc(N(c4ccc(-c5ccccc5)cc4)c4cccc5sc6ccccc6c45)c4c5cc(F)ccc5sc34)c2c1.c1ccc(-c2c(N(c3ccccc3)c3ccccc3)c3c4ccccc4sc3c3oc4ccccc4c23)cc1.c1ccc(N(c2ccccc2)c2ccc(-c3ccc(-c4cccc(-c5cc6c7ccccc7oc6c6sc7ccccc7c56)c4)cc3)cc2)cc1. The molecular formula is C126H77F2N3O3S4. The number of rotatable bonds is 14. The molecule has 0 bridgehead atoms. The zero-order valence-electron chi connectivity index (χ0n) is 73.9. The van der Waals surface area contributed by atoms with Gasteiger partial charge in [0, 0.05) is 139 Å². The van der Waals surface area contributed by atoms with Crippen molar-refractivity contribution in [3.05, 3.63) is 479 Å². The van der Waals surface area contributed by atoms with Gasteiger partial charge in [0.2, 0.25) is 0 Å². The van der Waals surface area contributed by atoms with Crippen LogP contribution in [0.25, 0.3) is 202 Å². The average Bonchev–Trinajstić information content (AvgIpc) is 1.54. The van der Waals surface area contributed by atoms with Crippen molar-refractivity contribution in [2.24, 2.45) is 0 Å². The molecule has 0 fully saturated rings. The number of thiophene rings is 4. The molecule has 0 radical (unpaired) electrons. The molecule has 0 saturated carbocycles. The van der Waals surface area contributed by atoms with E-state index in [-0.39, 0.29) is 11.6 Å². The van der Waals surface area contributed by atoms with E-state index in [9.17, 15) is 4.39 Å². The van der Waals surface area contributed by atoms with E-state index in [4.69, 9.17) is 13.3 Å². The molecule has 12 heteroatoms. The Kier molecular flexibility index (Phi) is 20.3. The van der Waals surface area contributed by atoms with Gasteiger partial charge in [-0.25, -0.2) is 8.78 Å². The number of hydrogen-bond acceptors (Lipinski definition) is 10. The lowest BCUT2D eigenvalue weighted by Gasteiger charge is -2.29. The van der Waals surface area contributed by atoms with E-state index in [0.29, 0.717) is 16.6 Å². The Morgan fingerprint density at radius 1 is 0.188 bits per heavy atom. The van der Waals surface area contributed by atoms with E-state index >= 15 is 4.39 Å². The van der Waals surface area contributed by atoms with Crippen LogP contribution in [0.4, 0.5) is 60.0 Å². The van der Waals surface area contributed by atoms with Crippen molar-refractivity contribution in [1.29, 1.82) is 0 Å². The van der Waals surface area contributed by atoms with Crippen LogP contribution in [0.3, 0.4) is 0 Å². The van der Waals surface area contributed by atoms with E-state index in [2.05, 4.69) is 421 Å². The number of benzene rings is 21. The summed E-state index contributed by atoms with van der Waals surface area (Å²) in [6.45, 7) is 0. The third-order valence-corrected chi connectivity index (χ3v) is 31.1. The van der Waals surface area contributed by atoms with Crippen LogP contribution in [-0.2, 0) is 0 Å². The van der Waals surface area contributed by atoms with Crippen molar-refractivity contribution < 1.29 is 22.0 Å². The first kappa shape index (κ1) is 81.9. The standard InChI is InChI=1S/C48H31NOS.C42H23F2NOS2.C36H23NOS/c1-3-14-37(15-4-1)49(38-16-5-2-6-17-38)39-28-26-33(27-29-39)32-22-24-34(25-23-32)35-12-11-13-36(30-35)42-31-43-40-18-7-9-20-44(40)50-47(43)48-46(42)41-19-8-10-21-45(41)51-48;43-26-15-19-35-30(21-26)31-23-34(40-32-22-27(44)16-20-37(32)48-42(40)41(31)46-35)45(28-17-13-25(14-18-28)24-7-2-1-3-8-24)33-10-6-12-38-39(33)29-9-4-5-11-36(29)47-38;1-4-14-24(15-5-1)31-32-27-20-10-12-22-29(27)38-35(32)36-33(28-21-11-13-23-30(28)39-36)34(31)37(25-16-6-2-7-17-25)26-18-8-3-9-19-26/h1-31H;1-23H;1-23H. The summed E-state index contributed by atoms with van der Waals surface area (Å²) < 4.78 is 58.5. The highest BCUT2D eigenvalue weighted by atomic mass is 32.1. The fourth-order valence-corrected chi connectivity index (χ4v) is 25.0. The lowest BCUT2D eigenvalue weighted by molar-refractivity contribution is 0.626. The van der Waals surface area contributed by atoms with Crippen LogP contribution in [0.2, 0.25) is 0 Å². The first-order valence-electron chi connectivity index (χ1n) is 46.0. The Labute approximate surface area is 807 Å². The summed E-state index contributed by atoms with van der Waals surface area (Å²) in [6.07, 6.45) is 0. The zero-order chi connectivity index (χ0) is 91.4. The van der Waals surface area contributed by atoms with E-state index in [1.165, 1.54) is 118 Å². The summed E-state index contributed by atoms with van der Waals surface area (Å²) in [5.74, 6) is -0.627. The molecule has 28 rings (SSSR count). The van der Waals surface area contributed by atoms with E-state index in [1.54, 1.807) is 34.8 Å². The lowest BCUT2D eigenvalue weighted by atomic mass is 9.93. The van der Waals surface area contributed by atoms with Crippen LogP contribution < -0.4 is 14.7 Å². The van der Waals surface area contributed by atoms with Gasteiger partial charge in [-0.05, 0) is 220 Å². The maximum Gasteiger partial charge on any atom is 0.154 e. The second kappa shape index (κ2) is 34.3. The minimum absolute atomic E-state index is 0.301. The molecule has 0 amide bonds. The smallest absolute Gasteiger partial charge is 0.154 e. The number of furan rings is 3. The number of fused-ring (bicyclic) bond motifs is 24. The number of para-hydroxylation sites is 6. The molecule has 0 saturated heterocycles. The van der Waals surface area contributed by atoms with Crippen molar-refractivity contribution in [1.82, 2.24) is 0 Å². The van der Waals surface area contributed by atoms with Crippen LogP contribution in [0.1, 0.15) is 0 Å². The van der Waals surface area contributed by atoms with Crippen molar-refractivity contribution in [3.8, 4) is 55.6 Å². The number of hydrogen-bond donors (Lipinski definition) is 0. The first-order valence-corrected chi connectivity index (χ1v) is 49.3. The average molecular weight is 1850 g/mol. The van der Waals surface area contributed by atoms with Gasteiger partial charge in [0.15, 0.2) is 16.7 Å². The molecule has 21 aromatic carbocycles. The van der Waals surface area contributed by atoms with E-state index in [0.717, 1.165) is 137 Å². The maximum absolute atomic E-state index is 15.0. The van der Waals surface area contributed by atoms with Crippen LogP contribution in [0.15, 0.2) is 480 Å². The normalized spacial score (nSPS) is 11.7. The van der Waals surface area contributed by atoms with Gasteiger partial charge in [0.25, 0.3) is 0 Å². The van der Waals surface area contributed by atoms with Crippen molar-refractivity contribution in [2.45, 2.75) is 0 Å². The third kappa shape index (κ3) is 14.2. The van der Waals surface area contributed by atoms with E-state index < -0.39 is 0 Å². The Balaban J connectivity index is 0.000000108. The molecule has 28 aromatic rings. The molecule has 0 spiro atoms. The summed E-state index contributed by atoms with van der Waals surface area (Å²) in [4.78, 5) is 7.00. The minimum atomic E-state index is -0.326. The van der Waals surface area contributed by atoms with Crippen molar-refractivity contribution >= 4 is 243 Å². The van der Waals surface area contributed by atoms with E-state index in [1.807, 2.05) is 53.0 Å². The highest BCUT2D eigenvalue weighted by molar-refractivity contribution is 7.28. The summed E-state index contributed by atoms with van der Waals surface area (Å²) >= 11 is 6.97. The van der Waals surface area contributed by atoms with Crippen LogP contribution >= 0.6 is 45.3 Å². The van der Waals surface area contributed by atoms with Gasteiger partial charge in [0.05, 0.1) is 31.2 Å². The molecule has 7 aromatic heterocycles. The topological polar surface area (TPSA) is 49.1 Å². The van der Waals surface area contributed by atoms with Gasteiger partial charge in [-0.3, -0.25) is 0 Å². The number of halogens is 2. The van der Waals surface area contributed by atoms with Crippen LogP contribution in [-0.4, -0.2) is 0 Å². The Bertz CT molecular complexity index is 9470. The minimum Gasteiger partial charge on any atom is -0.455 e. The van der Waals surface area contributed by atoms with Crippen LogP contribution in [0, 0.1) is 11.6 Å². The Morgan fingerprint density at radius 3 is 1.15 bits per heavy atom. The number of anilines is 9. The highest BCUT2D eigenvalue weighted by Crippen LogP contribution is 2.58. The summed E-state index contributed by atoms with van der Waals surface area (Å²) in [5, 5.41) is 15.1. The molecule has 0 aliphatic rings. The Morgan fingerprint density at radius 2 is 0.565 bits per heavy atom. The summed E-state index contributed by atoms with van der Waals surface area (Å²) in [6, 6.07) is 162. The maximum atomic E-state index is 15.0. The molecular weight excluding hydrogens is 1770 g/mol. The molecule has 0 aliphatic carbocycles. The monoisotopic (exact) mass is 1850 g/mol. The Hall–Kier alpha value is -16.8.